The van der Waals surface area contributed by atoms with Crippen LogP contribution in [0.5, 0.6) is 5.75 Å². The van der Waals surface area contributed by atoms with E-state index in [2.05, 4.69) is 15.0 Å². The third kappa shape index (κ3) is 5.26. The molecule has 2 heterocycles. The molecule has 142 valence electrons. The van der Waals surface area contributed by atoms with Crippen LogP contribution in [0.15, 0.2) is 35.6 Å². The van der Waals surface area contributed by atoms with Crippen molar-refractivity contribution < 1.29 is 17.9 Å². The second-order valence-corrected chi connectivity index (χ2v) is 6.34. The average Bonchev–Trinajstić information content (AvgIpc) is 2.60. The van der Waals surface area contributed by atoms with E-state index in [1.165, 1.54) is 6.20 Å². The third-order valence-corrected chi connectivity index (χ3v) is 3.65. The summed E-state index contributed by atoms with van der Waals surface area (Å²) in [5.41, 5.74) is -0.273. The lowest BCUT2D eigenvalue weighted by molar-refractivity contribution is -0.137. The Bertz CT molecular complexity index is 881. The fourth-order valence-electron chi connectivity index (χ4n) is 2.18. The molecule has 0 aliphatic carbocycles. The first kappa shape index (κ1) is 20.4. The number of nitrogens with zero attached hydrogens (tertiary/aromatic N) is 4. The summed E-state index contributed by atoms with van der Waals surface area (Å²) in [6.07, 6.45) is -1.77. The van der Waals surface area contributed by atoms with Gasteiger partial charge in [0.15, 0.2) is 5.60 Å². The summed E-state index contributed by atoms with van der Waals surface area (Å²) in [4.78, 5) is 12.4. The van der Waals surface area contributed by atoms with Crippen molar-refractivity contribution in [3.05, 3.63) is 47.5 Å². The Morgan fingerprint density at radius 2 is 1.93 bits per heavy atom. The Morgan fingerprint density at radius 3 is 2.44 bits per heavy atom. The molecule has 2 aromatic rings. The van der Waals surface area contributed by atoms with Gasteiger partial charge in [0.2, 0.25) is 0 Å². The van der Waals surface area contributed by atoms with Crippen LogP contribution >= 0.6 is 0 Å². The Balaban J connectivity index is 2.36. The highest BCUT2D eigenvalue weighted by Gasteiger charge is 2.31. The molecule has 0 N–H and O–H groups in total. The van der Waals surface area contributed by atoms with E-state index in [9.17, 15) is 13.2 Å². The van der Waals surface area contributed by atoms with Crippen LogP contribution < -0.4 is 4.74 Å². The first-order chi connectivity index (χ1) is 12.6. The first-order valence-electron chi connectivity index (χ1n) is 8.24. The number of aliphatic imine (C=N–C) groups is 1. The van der Waals surface area contributed by atoms with Gasteiger partial charge >= 0.3 is 6.18 Å². The summed E-state index contributed by atoms with van der Waals surface area (Å²) >= 11 is 0. The molecule has 2 aromatic heterocycles. The van der Waals surface area contributed by atoms with Gasteiger partial charge in [-0.25, -0.2) is 4.99 Å². The molecule has 2 rings (SSSR count). The molecule has 0 spiro atoms. The number of halogens is 3. The largest absolute Gasteiger partial charge is 0.471 e. The van der Waals surface area contributed by atoms with E-state index in [0.717, 1.165) is 12.3 Å². The maximum atomic E-state index is 12.9. The standard InChI is InChI=1S/C19H19F3N4O/c1-5-15(16-7-6-14(10-25-16)27-18(3,4)11-23)26-17-8-13(19(20,21)22)9-24-12(17)2/h6-10H,5H2,1-4H3/b26-15+. The Hall–Kier alpha value is -2.95. The molecular formula is C19H19F3N4O. The molecular weight excluding hydrogens is 357 g/mol. The van der Waals surface area contributed by atoms with Crippen molar-refractivity contribution in [2.75, 3.05) is 0 Å². The van der Waals surface area contributed by atoms with Crippen LogP contribution in [0.25, 0.3) is 0 Å². The molecule has 0 bridgehead atoms. The van der Waals surface area contributed by atoms with Gasteiger partial charge in [-0.3, -0.25) is 9.97 Å². The zero-order chi connectivity index (χ0) is 20.2. The van der Waals surface area contributed by atoms with Crippen molar-refractivity contribution in [2.24, 2.45) is 4.99 Å². The third-order valence-electron chi connectivity index (χ3n) is 3.65. The molecule has 27 heavy (non-hydrogen) atoms. The predicted octanol–water partition coefficient (Wildman–Crippen LogP) is 5.02. The predicted molar refractivity (Wildman–Crippen MR) is 95.0 cm³/mol. The highest BCUT2D eigenvalue weighted by Crippen LogP contribution is 2.32. The number of aryl methyl sites for hydroxylation is 1. The summed E-state index contributed by atoms with van der Waals surface area (Å²) < 4.78 is 44.3. The zero-order valence-corrected chi connectivity index (χ0v) is 15.4. The normalized spacial score (nSPS) is 12.6. The smallest absolute Gasteiger partial charge is 0.417 e. The number of hydrogen-bond donors (Lipinski definition) is 0. The quantitative estimate of drug-likeness (QED) is 0.687. The van der Waals surface area contributed by atoms with Gasteiger partial charge in [-0.1, -0.05) is 6.92 Å². The lowest BCUT2D eigenvalue weighted by atomic mass is 10.1. The lowest BCUT2D eigenvalue weighted by Gasteiger charge is -2.18. The van der Waals surface area contributed by atoms with E-state index >= 15 is 0 Å². The fourth-order valence-corrected chi connectivity index (χ4v) is 2.18. The number of aromatic nitrogens is 2. The molecule has 0 saturated heterocycles. The number of ether oxygens (including phenoxy) is 1. The van der Waals surface area contributed by atoms with Crippen molar-refractivity contribution in [3.63, 3.8) is 0 Å². The Morgan fingerprint density at radius 1 is 1.22 bits per heavy atom. The highest BCUT2D eigenvalue weighted by atomic mass is 19.4. The minimum absolute atomic E-state index is 0.148. The summed E-state index contributed by atoms with van der Waals surface area (Å²) in [5, 5.41) is 9.01. The number of nitriles is 1. The van der Waals surface area contributed by atoms with Crippen molar-refractivity contribution in [3.8, 4) is 11.8 Å². The van der Waals surface area contributed by atoms with E-state index in [0.29, 0.717) is 29.3 Å². The van der Waals surface area contributed by atoms with E-state index in [4.69, 9.17) is 10.00 Å². The second-order valence-electron chi connectivity index (χ2n) is 6.34. The van der Waals surface area contributed by atoms with Crippen molar-refractivity contribution in [2.45, 2.75) is 45.9 Å². The van der Waals surface area contributed by atoms with Crippen LogP contribution in [-0.4, -0.2) is 21.3 Å². The monoisotopic (exact) mass is 376 g/mol. The molecule has 0 aliphatic rings. The molecule has 0 fully saturated rings. The van der Waals surface area contributed by atoms with Crippen LogP contribution in [0.4, 0.5) is 18.9 Å². The molecule has 0 amide bonds. The van der Waals surface area contributed by atoms with E-state index in [1.807, 2.05) is 13.0 Å². The minimum Gasteiger partial charge on any atom is -0.471 e. The van der Waals surface area contributed by atoms with Crippen LogP contribution in [-0.2, 0) is 6.18 Å². The maximum Gasteiger partial charge on any atom is 0.417 e. The van der Waals surface area contributed by atoms with Gasteiger partial charge in [-0.2, -0.15) is 18.4 Å². The maximum absolute atomic E-state index is 12.9. The average molecular weight is 376 g/mol. The topological polar surface area (TPSA) is 71.2 Å². The Kier molecular flexibility index (Phi) is 5.84. The molecule has 0 radical (unpaired) electrons. The molecule has 0 aliphatic heterocycles. The molecule has 0 aromatic carbocycles. The van der Waals surface area contributed by atoms with Crippen molar-refractivity contribution in [1.29, 1.82) is 5.26 Å². The summed E-state index contributed by atoms with van der Waals surface area (Å²) in [7, 11) is 0. The van der Waals surface area contributed by atoms with Gasteiger partial charge in [0.25, 0.3) is 0 Å². The van der Waals surface area contributed by atoms with Gasteiger partial charge in [0, 0.05) is 6.20 Å². The summed E-state index contributed by atoms with van der Waals surface area (Å²) in [5.74, 6) is 0.415. The number of hydrogen-bond acceptors (Lipinski definition) is 5. The summed E-state index contributed by atoms with van der Waals surface area (Å²) in [6, 6.07) is 6.30. The van der Waals surface area contributed by atoms with Crippen LogP contribution in [0.1, 0.15) is 44.1 Å². The van der Waals surface area contributed by atoms with Crippen molar-refractivity contribution >= 4 is 11.4 Å². The van der Waals surface area contributed by atoms with Gasteiger partial charge in [0.1, 0.15) is 11.8 Å². The van der Waals surface area contributed by atoms with Gasteiger partial charge in [-0.15, -0.1) is 0 Å². The van der Waals surface area contributed by atoms with E-state index in [1.54, 1.807) is 32.9 Å². The first-order valence-corrected chi connectivity index (χ1v) is 8.24. The molecule has 0 saturated carbocycles. The van der Waals surface area contributed by atoms with E-state index < -0.39 is 17.3 Å². The van der Waals surface area contributed by atoms with Gasteiger partial charge in [-0.05, 0) is 45.4 Å². The zero-order valence-electron chi connectivity index (χ0n) is 15.4. The highest BCUT2D eigenvalue weighted by molar-refractivity contribution is 6.00. The number of pyridine rings is 2. The summed E-state index contributed by atoms with van der Waals surface area (Å²) in [6.45, 7) is 6.69. The molecule has 5 nitrogen and oxygen atoms in total. The van der Waals surface area contributed by atoms with Crippen molar-refractivity contribution in [1.82, 2.24) is 9.97 Å². The van der Waals surface area contributed by atoms with Crippen LogP contribution in [0, 0.1) is 18.3 Å². The van der Waals surface area contributed by atoms with Crippen LogP contribution in [0.3, 0.4) is 0 Å². The van der Waals surface area contributed by atoms with E-state index in [-0.39, 0.29) is 5.69 Å². The SMILES string of the molecule is CC/C(=N\c1cc(C(F)(F)F)cnc1C)c1ccc(OC(C)(C)C#N)cn1. The van der Waals surface area contributed by atoms with Gasteiger partial charge < -0.3 is 4.74 Å². The van der Waals surface area contributed by atoms with Crippen LogP contribution in [0.2, 0.25) is 0 Å². The second kappa shape index (κ2) is 7.74. The number of rotatable bonds is 5. The molecule has 8 heteroatoms. The Labute approximate surface area is 155 Å². The minimum atomic E-state index is -4.48. The lowest BCUT2D eigenvalue weighted by Crippen LogP contribution is -2.25. The molecule has 0 atom stereocenters. The molecule has 0 unspecified atom stereocenters. The number of alkyl halides is 3. The van der Waals surface area contributed by atoms with Gasteiger partial charge in [0.05, 0.1) is 34.5 Å². The fraction of sp³-hybridized carbons (Fsp3) is 0.368.